The highest BCUT2D eigenvalue weighted by Gasteiger charge is 2.26. The molecular formula is C19H26N4O2. The molecule has 0 spiro atoms. The fourth-order valence-electron chi connectivity index (χ4n) is 3.39. The number of carbonyl (C=O) groups is 1. The van der Waals surface area contributed by atoms with Crippen molar-refractivity contribution < 1.29 is 4.79 Å². The monoisotopic (exact) mass is 342 g/mol. The van der Waals surface area contributed by atoms with Crippen LogP contribution >= 0.6 is 0 Å². The van der Waals surface area contributed by atoms with Crippen LogP contribution < -0.4 is 10.9 Å². The average molecular weight is 342 g/mol. The zero-order valence-corrected chi connectivity index (χ0v) is 15.2. The predicted octanol–water partition coefficient (Wildman–Crippen LogP) is 1.88. The quantitative estimate of drug-likeness (QED) is 0.921. The molecule has 1 aromatic heterocycles. The second-order valence-corrected chi connectivity index (χ2v) is 7.17. The van der Waals surface area contributed by atoms with Gasteiger partial charge in [0.1, 0.15) is 0 Å². The van der Waals surface area contributed by atoms with Crippen LogP contribution in [0, 0.1) is 5.92 Å². The molecule has 0 aliphatic carbocycles. The molecule has 0 radical (unpaired) electrons. The van der Waals surface area contributed by atoms with Crippen molar-refractivity contribution in [3.05, 3.63) is 40.3 Å². The van der Waals surface area contributed by atoms with Gasteiger partial charge in [-0.1, -0.05) is 32.0 Å². The van der Waals surface area contributed by atoms with E-state index >= 15 is 0 Å². The first-order valence-corrected chi connectivity index (χ1v) is 8.96. The third-order valence-electron chi connectivity index (χ3n) is 4.79. The van der Waals surface area contributed by atoms with Crippen LogP contribution in [-0.2, 0) is 6.54 Å². The van der Waals surface area contributed by atoms with Crippen LogP contribution in [0.25, 0.3) is 10.8 Å². The van der Waals surface area contributed by atoms with Crippen molar-refractivity contribution in [1.29, 1.82) is 0 Å². The molecule has 1 amide bonds. The Kier molecular flexibility index (Phi) is 5.18. The fourth-order valence-corrected chi connectivity index (χ4v) is 3.39. The lowest BCUT2D eigenvalue weighted by atomic mass is 10.0. The Balaban J connectivity index is 2.06. The summed E-state index contributed by atoms with van der Waals surface area (Å²) in [6.07, 6.45) is 1.87. The summed E-state index contributed by atoms with van der Waals surface area (Å²) in [6, 6.07) is 7.47. The molecule has 25 heavy (non-hydrogen) atoms. The van der Waals surface area contributed by atoms with Crippen LogP contribution in [0.4, 0.5) is 0 Å². The number of hydrogen-bond acceptors (Lipinski definition) is 4. The molecule has 1 aromatic carbocycles. The second-order valence-electron chi connectivity index (χ2n) is 7.17. The summed E-state index contributed by atoms with van der Waals surface area (Å²) in [6.45, 7) is 6.41. The maximum Gasteiger partial charge on any atom is 0.274 e. The van der Waals surface area contributed by atoms with Crippen LogP contribution in [0.3, 0.4) is 0 Å². The van der Waals surface area contributed by atoms with Gasteiger partial charge in [-0.25, -0.2) is 4.68 Å². The van der Waals surface area contributed by atoms with Gasteiger partial charge in [0.05, 0.1) is 5.39 Å². The summed E-state index contributed by atoms with van der Waals surface area (Å²) in [4.78, 5) is 27.6. The maximum atomic E-state index is 13.1. The van der Waals surface area contributed by atoms with E-state index in [2.05, 4.69) is 10.4 Å². The Morgan fingerprint density at radius 2 is 1.92 bits per heavy atom. The zero-order chi connectivity index (χ0) is 18.0. The molecule has 1 fully saturated rings. The molecule has 1 aliphatic rings. The Morgan fingerprint density at radius 1 is 1.28 bits per heavy atom. The number of rotatable bonds is 4. The van der Waals surface area contributed by atoms with Crippen LogP contribution in [0.2, 0.25) is 0 Å². The molecule has 1 saturated heterocycles. The van der Waals surface area contributed by atoms with Gasteiger partial charge in [0.2, 0.25) is 0 Å². The predicted molar refractivity (Wildman–Crippen MR) is 98.8 cm³/mol. The van der Waals surface area contributed by atoms with E-state index in [1.165, 1.54) is 4.68 Å². The summed E-state index contributed by atoms with van der Waals surface area (Å²) in [5.74, 6) is 0.164. The Labute approximate surface area is 147 Å². The van der Waals surface area contributed by atoms with E-state index in [1.807, 2.05) is 39.1 Å². The normalized spacial score (nSPS) is 15.7. The van der Waals surface area contributed by atoms with Gasteiger partial charge >= 0.3 is 0 Å². The van der Waals surface area contributed by atoms with Gasteiger partial charge in [-0.05, 0) is 37.9 Å². The minimum atomic E-state index is -0.134. The molecule has 0 unspecified atom stereocenters. The molecule has 1 aliphatic heterocycles. The molecule has 134 valence electrons. The highest BCUT2D eigenvalue weighted by molar-refractivity contribution is 6.04. The number of amides is 1. The summed E-state index contributed by atoms with van der Waals surface area (Å²) >= 11 is 0. The lowest BCUT2D eigenvalue weighted by molar-refractivity contribution is 0.0696. The molecule has 0 saturated carbocycles. The van der Waals surface area contributed by atoms with Crippen LogP contribution in [-0.4, -0.2) is 46.8 Å². The number of carbonyl (C=O) groups excluding carboxylic acids is 1. The summed E-state index contributed by atoms with van der Waals surface area (Å²) in [5, 5.41) is 8.96. The van der Waals surface area contributed by atoms with Crippen molar-refractivity contribution in [2.45, 2.75) is 39.3 Å². The first kappa shape index (κ1) is 17.6. The number of aromatic nitrogens is 2. The molecule has 0 bridgehead atoms. The van der Waals surface area contributed by atoms with Gasteiger partial charge in [-0.3, -0.25) is 9.59 Å². The van der Waals surface area contributed by atoms with Crippen molar-refractivity contribution in [3.63, 3.8) is 0 Å². The minimum Gasteiger partial charge on any atom is -0.337 e. The number of hydrogen-bond donors (Lipinski definition) is 1. The minimum absolute atomic E-state index is 0.111. The lowest BCUT2D eigenvalue weighted by Gasteiger charge is -2.31. The third-order valence-corrected chi connectivity index (χ3v) is 4.79. The smallest absolute Gasteiger partial charge is 0.274 e. The molecule has 3 rings (SSSR count). The van der Waals surface area contributed by atoms with Gasteiger partial charge in [-0.15, -0.1) is 0 Å². The second kappa shape index (κ2) is 7.35. The van der Waals surface area contributed by atoms with E-state index in [4.69, 9.17) is 0 Å². The van der Waals surface area contributed by atoms with Crippen molar-refractivity contribution >= 4 is 16.7 Å². The Hall–Kier alpha value is -2.21. The van der Waals surface area contributed by atoms with Gasteiger partial charge < -0.3 is 10.2 Å². The molecule has 2 heterocycles. The lowest BCUT2D eigenvalue weighted by Crippen LogP contribution is -2.44. The van der Waals surface area contributed by atoms with Crippen LogP contribution in [0.1, 0.15) is 37.2 Å². The summed E-state index contributed by atoms with van der Waals surface area (Å²) in [7, 11) is 1.84. The van der Waals surface area contributed by atoms with Gasteiger partial charge in [0, 0.05) is 25.0 Å². The molecule has 0 atom stereocenters. The largest absolute Gasteiger partial charge is 0.337 e. The van der Waals surface area contributed by atoms with E-state index < -0.39 is 0 Å². The molecule has 2 aromatic rings. The van der Waals surface area contributed by atoms with Crippen molar-refractivity contribution in [3.8, 4) is 0 Å². The SMILES string of the molecule is CC(C)Cn1nc(C(=O)N(C)C2CCNCC2)c2ccccc2c1=O. The zero-order valence-electron chi connectivity index (χ0n) is 15.2. The summed E-state index contributed by atoms with van der Waals surface area (Å²) < 4.78 is 1.44. The number of piperidine rings is 1. The van der Waals surface area contributed by atoms with Crippen molar-refractivity contribution in [2.24, 2.45) is 5.92 Å². The highest BCUT2D eigenvalue weighted by atomic mass is 16.2. The number of fused-ring (bicyclic) bond motifs is 1. The van der Waals surface area contributed by atoms with E-state index in [-0.39, 0.29) is 23.4 Å². The topological polar surface area (TPSA) is 67.2 Å². The van der Waals surface area contributed by atoms with E-state index in [0.717, 1.165) is 25.9 Å². The number of nitrogens with zero attached hydrogens (tertiary/aromatic N) is 3. The first-order chi connectivity index (χ1) is 12.0. The highest BCUT2D eigenvalue weighted by Crippen LogP contribution is 2.18. The fraction of sp³-hybridized carbons (Fsp3) is 0.526. The van der Waals surface area contributed by atoms with Gasteiger partial charge in [0.25, 0.3) is 11.5 Å². The van der Waals surface area contributed by atoms with Crippen LogP contribution in [0.5, 0.6) is 0 Å². The van der Waals surface area contributed by atoms with Gasteiger partial charge in [0.15, 0.2) is 5.69 Å². The number of nitrogens with one attached hydrogen (secondary N) is 1. The number of benzene rings is 1. The molecule has 1 N–H and O–H groups in total. The Bertz CT molecular complexity index is 822. The molecule has 6 nitrogen and oxygen atoms in total. The van der Waals surface area contributed by atoms with E-state index in [9.17, 15) is 9.59 Å². The molecule has 6 heteroatoms. The molecular weight excluding hydrogens is 316 g/mol. The average Bonchev–Trinajstić information content (AvgIpc) is 2.63. The third kappa shape index (κ3) is 3.58. The first-order valence-electron chi connectivity index (χ1n) is 8.96. The van der Waals surface area contributed by atoms with E-state index in [0.29, 0.717) is 23.0 Å². The Morgan fingerprint density at radius 3 is 2.56 bits per heavy atom. The van der Waals surface area contributed by atoms with Crippen molar-refractivity contribution in [2.75, 3.05) is 20.1 Å². The van der Waals surface area contributed by atoms with Crippen LogP contribution in [0.15, 0.2) is 29.1 Å². The maximum absolute atomic E-state index is 13.1. The van der Waals surface area contributed by atoms with E-state index in [1.54, 1.807) is 11.0 Å². The standard InChI is InChI=1S/C19H26N4O2/c1-13(2)12-23-18(24)16-7-5-4-6-15(16)17(21-23)19(25)22(3)14-8-10-20-11-9-14/h4-7,13-14,20H,8-12H2,1-3H3. The van der Waals surface area contributed by atoms with Gasteiger partial charge in [-0.2, -0.15) is 5.10 Å². The summed E-state index contributed by atoms with van der Waals surface area (Å²) in [5.41, 5.74) is 0.238. The van der Waals surface area contributed by atoms with Crippen molar-refractivity contribution in [1.82, 2.24) is 20.0 Å².